The van der Waals surface area contributed by atoms with Crippen LogP contribution in [0.15, 0.2) is 33.9 Å². The molecule has 0 spiro atoms. The van der Waals surface area contributed by atoms with Gasteiger partial charge in [0.2, 0.25) is 15.9 Å². The minimum Gasteiger partial charge on any atom is -0.293 e. The maximum atomic E-state index is 11.8. The second-order valence-corrected chi connectivity index (χ2v) is 6.22. The predicted octanol–water partition coefficient (Wildman–Crippen LogP) is -0.844. The number of nitrogens with zero attached hydrogens (tertiary/aromatic N) is 1. The number of hydrogen-bond acceptors (Lipinski definition) is 5. The molecule has 2 rings (SSSR count). The van der Waals surface area contributed by atoms with E-state index in [-0.39, 0.29) is 13.0 Å². The molecule has 0 saturated heterocycles. The quantitative estimate of drug-likeness (QED) is 0.763. The first kappa shape index (κ1) is 15.0. The molecule has 0 aliphatic carbocycles. The molecule has 1 aromatic carbocycles. The minimum absolute atomic E-state index is 0.0442. The van der Waals surface area contributed by atoms with Crippen LogP contribution in [0.25, 0.3) is 10.9 Å². The highest BCUT2D eigenvalue weighted by Gasteiger charge is 2.11. The highest BCUT2D eigenvalue weighted by molar-refractivity contribution is 7.89. The maximum Gasteiger partial charge on any atom is 0.328 e. The average molecular weight is 311 g/mol. The Hall–Kier alpha value is -2.42. The monoisotopic (exact) mass is 311 g/mol. The lowest BCUT2D eigenvalue weighted by Crippen LogP contribution is -2.34. The van der Waals surface area contributed by atoms with Crippen LogP contribution in [-0.2, 0) is 21.4 Å². The number of hydrogen-bond donors (Lipinski definition) is 2. The summed E-state index contributed by atoms with van der Waals surface area (Å²) in [7, 11) is -3.63. The van der Waals surface area contributed by atoms with Crippen LogP contribution in [0.3, 0.4) is 0 Å². The lowest BCUT2D eigenvalue weighted by atomic mass is 10.2. The number of aromatic nitrogens is 2. The molecule has 0 unspecified atom stereocenters. The predicted molar refractivity (Wildman–Crippen MR) is 76.4 cm³/mol. The number of nitrogens with one attached hydrogen (secondary N) is 2. The number of aromatic amines is 1. The third-order valence-electron chi connectivity index (χ3n) is 2.77. The van der Waals surface area contributed by atoms with Crippen molar-refractivity contribution < 1.29 is 13.2 Å². The van der Waals surface area contributed by atoms with Gasteiger partial charge in [-0.15, -0.1) is 0 Å². The Kier molecular flexibility index (Phi) is 3.94. The lowest BCUT2D eigenvalue weighted by Gasteiger charge is -2.09. The van der Waals surface area contributed by atoms with E-state index < -0.39 is 27.2 Å². The van der Waals surface area contributed by atoms with Gasteiger partial charge < -0.3 is 0 Å². The van der Waals surface area contributed by atoms with E-state index in [1.807, 2.05) is 4.72 Å². The summed E-state index contributed by atoms with van der Waals surface area (Å²) in [6.07, 6.45) is 0.662. The number of rotatable bonds is 4. The van der Waals surface area contributed by atoms with Crippen LogP contribution >= 0.6 is 0 Å². The molecule has 8 nitrogen and oxygen atoms in total. The highest BCUT2D eigenvalue weighted by Crippen LogP contribution is 2.07. The number of fused-ring (bicyclic) bond motifs is 1. The van der Waals surface area contributed by atoms with Crippen LogP contribution in [-0.4, -0.2) is 30.1 Å². The van der Waals surface area contributed by atoms with Gasteiger partial charge in [-0.3, -0.25) is 23.9 Å². The highest BCUT2D eigenvalue weighted by atomic mass is 32.2. The van der Waals surface area contributed by atoms with Gasteiger partial charge in [0, 0.05) is 13.0 Å². The first-order chi connectivity index (χ1) is 9.78. The summed E-state index contributed by atoms with van der Waals surface area (Å²) in [5, 5.41) is 0.320. The summed E-state index contributed by atoms with van der Waals surface area (Å²) in [6.45, 7) is -0.0442. The Bertz CT molecular complexity index is 910. The van der Waals surface area contributed by atoms with Crippen molar-refractivity contribution in [1.82, 2.24) is 14.3 Å². The fraction of sp³-hybridized carbons (Fsp3) is 0.250. The Labute approximate surface area is 119 Å². The molecule has 0 saturated carbocycles. The number of amides is 1. The minimum atomic E-state index is -3.63. The van der Waals surface area contributed by atoms with Crippen LogP contribution in [0.1, 0.15) is 6.42 Å². The van der Waals surface area contributed by atoms with Crippen LogP contribution < -0.4 is 16.0 Å². The second kappa shape index (κ2) is 5.52. The van der Waals surface area contributed by atoms with E-state index in [9.17, 15) is 22.8 Å². The average Bonchev–Trinajstić information content (AvgIpc) is 2.36. The Morgan fingerprint density at radius 3 is 2.62 bits per heavy atom. The van der Waals surface area contributed by atoms with Crippen molar-refractivity contribution in [1.29, 1.82) is 0 Å². The molecular formula is C12H13N3O5S. The van der Waals surface area contributed by atoms with Crippen molar-refractivity contribution in [2.75, 3.05) is 6.26 Å². The van der Waals surface area contributed by atoms with Gasteiger partial charge in [0.15, 0.2) is 0 Å². The lowest BCUT2D eigenvalue weighted by molar-refractivity contribution is -0.119. The number of sulfonamides is 1. The van der Waals surface area contributed by atoms with Gasteiger partial charge in [-0.05, 0) is 12.1 Å². The van der Waals surface area contributed by atoms with Crippen LogP contribution in [0.2, 0.25) is 0 Å². The Balaban J connectivity index is 2.33. The van der Waals surface area contributed by atoms with Crippen molar-refractivity contribution in [2.24, 2.45) is 0 Å². The summed E-state index contributed by atoms with van der Waals surface area (Å²) in [5.41, 5.74) is -0.767. The van der Waals surface area contributed by atoms with Gasteiger partial charge >= 0.3 is 5.69 Å². The first-order valence-corrected chi connectivity index (χ1v) is 7.89. The third kappa shape index (κ3) is 3.57. The number of H-pyrrole nitrogens is 1. The SMILES string of the molecule is CS(=O)(=O)NC(=O)CCn1c(=O)[nH]c(=O)c2ccccc21. The van der Waals surface area contributed by atoms with E-state index >= 15 is 0 Å². The number of para-hydroxylation sites is 1. The van der Waals surface area contributed by atoms with E-state index in [0.717, 1.165) is 6.26 Å². The fourth-order valence-corrected chi connectivity index (χ4v) is 2.45. The van der Waals surface area contributed by atoms with Gasteiger partial charge in [-0.1, -0.05) is 12.1 Å². The molecular weight excluding hydrogens is 298 g/mol. The molecule has 112 valence electrons. The number of aryl methyl sites for hydroxylation is 1. The zero-order valence-electron chi connectivity index (χ0n) is 11.1. The van der Waals surface area contributed by atoms with E-state index in [1.54, 1.807) is 24.3 Å². The molecule has 0 bridgehead atoms. The van der Waals surface area contributed by atoms with Gasteiger partial charge in [0.1, 0.15) is 0 Å². The standard InChI is InChI=1S/C12H13N3O5S/c1-21(19,20)14-10(16)6-7-15-9-5-3-2-4-8(9)11(17)13-12(15)18/h2-5H,6-7H2,1H3,(H,14,16)(H,13,17,18). The van der Waals surface area contributed by atoms with Crippen molar-refractivity contribution in [2.45, 2.75) is 13.0 Å². The van der Waals surface area contributed by atoms with Gasteiger partial charge in [-0.2, -0.15) is 0 Å². The summed E-state index contributed by atoms with van der Waals surface area (Å²) < 4.78 is 24.9. The van der Waals surface area contributed by atoms with E-state index in [4.69, 9.17) is 0 Å². The van der Waals surface area contributed by atoms with Gasteiger partial charge in [-0.25, -0.2) is 13.2 Å². The normalized spacial score (nSPS) is 11.5. The van der Waals surface area contributed by atoms with Gasteiger partial charge in [0.25, 0.3) is 5.56 Å². The molecule has 2 N–H and O–H groups in total. The zero-order chi connectivity index (χ0) is 15.6. The van der Waals surface area contributed by atoms with Crippen LogP contribution in [0.5, 0.6) is 0 Å². The van der Waals surface area contributed by atoms with Crippen molar-refractivity contribution in [3.63, 3.8) is 0 Å². The summed E-state index contributed by atoms with van der Waals surface area (Å²) in [6, 6.07) is 6.46. The largest absolute Gasteiger partial charge is 0.328 e. The smallest absolute Gasteiger partial charge is 0.293 e. The third-order valence-corrected chi connectivity index (χ3v) is 3.37. The molecule has 1 aromatic heterocycles. The Morgan fingerprint density at radius 2 is 1.95 bits per heavy atom. The molecule has 0 atom stereocenters. The van der Waals surface area contributed by atoms with Crippen molar-refractivity contribution in [3.05, 3.63) is 45.1 Å². The molecule has 0 fully saturated rings. The molecule has 21 heavy (non-hydrogen) atoms. The molecule has 1 heterocycles. The van der Waals surface area contributed by atoms with Crippen molar-refractivity contribution >= 4 is 26.8 Å². The topological polar surface area (TPSA) is 118 Å². The number of benzene rings is 1. The maximum absolute atomic E-state index is 11.8. The molecule has 9 heteroatoms. The summed E-state index contributed by atoms with van der Waals surface area (Å²) >= 11 is 0. The number of carbonyl (C=O) groups excluding carboxylic acids is 1. The van der Waals surface area contributed by atoms with Crippen molar-refractivity contribution in [3.8, 4) is 0 Å². The molecule has 0 aliphatic rings. The second-order valence-electron chi connectivity index (χ2n) is 4.48. The molecule has 0 aliphatic heterocycles. The molecule has 2 aromatic rings. The first-order valence-electron chi connectivity index (χ1n) is 6.00. The summed E-state index contributed by atoms with van der Waals surface area (Å²) in [5.74, 6) is -0.723. The molecule has 1 amide bonds. The fourth-order valence-electron chi connectivity index (χ4n) is 1.94. The van der Waals surface area contributed by atoms with Gasteiger partial charge in [0.05, 0.1) is 17.2 Å². The van der Waals surface area contributed by atoms with E-state index in [0.29, 0.717) is 10.9 Å². The molecule has 0 radical (unpaired) electrons. The Morgan fingerprint density at radius 1 is 1.29 bits per heavy atom. The number of carbonyl (C=O) groups is 1. The summed E-state index contributed by atoms with van der Waals surface area (Å²) in [4.78, 5) is 37.1. The van der Waals surface area contributed by atoms with E-state index in [2.05, 4.69) is 4.98 Å². The van der Waals surface area contributed by atoms with E-state index in [1.165, 1.54) is 4.57 Å². The van der Waals surface area contributed by atoms with Crippen LogP contribution in [0.4, 0.5) is 0 Å². The zero-order valence-corrected chi connectivity index (χ0v) is 11.9. The van der Waals surface area contributed by atoms with Crippen LogP contribution in [0, 0.1) is 0 Å².